The maximum Gasteiger partial charge on any atom is 0.272 e. The van der Waals surface area contributed by atoms with E-state index < -0.39 is 0 Å². The minimum atomic E-state index is -0.365. The third-order valence-electron chi connectivity index (χ3n) is 2.63. The van der Waals surface area contributed by atoms with Crippen molar-refractivity contribution in [1.82, 2.24) is 10.2 Å². The molecule has 6 nitrogen and oxygen atoms in total. The number of aromatic nitrogens is 2. The van der Waals surface area contributed by atoms with Crippen molar-refractivity contribution in [2.45, 2.75) is 19.9 Å². The van der Waals surface area contributed by atoms with Crippen LogP contribution in [0.3, 0.4) is 0 Å². The smallest absolute Gasteiger partial charge is 0.272 e. The number of aryl methyl sites for hydroxylation is 1. The molecule has 0 bridgehead atoms. The molecular formula is C11H12N4O2S. The summed E-state index contributed by atoms with van der Waals surface area (Å²) in [6.45, 7) is 3.65. The number of nitrogens with one attached hydrogen (secondary N) is 1. The Morgan fingerprint density at radius 1 is 1.50 bits per heavy atom. The molecule has 1 aromatic heterocycles. The number of rotatable bonds is 4. The lowest BCUT2D eigenvalue weighted by molar-refractivity contribution is -0.385. The minimum absolute atomic E-state index is 0.0581. The Labute approximate surface area is 108 Å². The second-order valence-corrected chi connectivity index (χ2v) is 4.75. The minimum Gasteiger partial charge on any atom is -0.354 e. The van der Waals surface area contributed by atoms with Gasteiger partial charge < -0.3 is 5.32 Å². The highest BCUT2D eigenvalue weighted by Gasteiger charge is 2.14. The fraction of sp³-hybridized carbons (Fsp3) is 0.273. The predicted octanol–water partition coefficient (Wildman–Crippen LogP) is 2.93. The molecule has 1 aromatic carbocycles. The van der Waals surface area contributed by atoms with Crippen LogP contribution in [-0.4, -0.2) is 15.1 Å². The number of nitrogens with zero attached hydrogens (tertiary/aromatic N) is 3. The summed E-state index contributed by atoms with van der Waals surface area (Å²) in [5.41, 5.74) is 3.28. The first kappa shape index (κ1) is 12.4. The van der Waals surface area contributed by atoms with Gasteiger partial charge >= 0.3 is 0 Å². The molecule has 0 radical (unpaired) electrons. The molecule has 0 aliphatic rings. The lowest BCUT2D eigenvalue weighted by Gasteiger charge is -2.13. The highest BCUT2D eigenvalue weighted by Crippen LogP contribution is 2.25. The van der Waals surface area contributed by atoms with Crippen molar-refractivity contribution in [3.63, 3.8) is 0 Å². The molecule has 0 spiro atoms. The van der Waals surface area contributed by atoms with Crippen LogP contribution in [0.15, 0.2) is 23.7 Å². The first-order valence-electron chi connectivity index (χ1n) is 5.35. The number of nitro benzene ring substituents is 1. The Balaban J connectivity index is 2.22. The van der Waals surface area contributed by atoms with Crippen LogP contribution < -0.4 is 5.32 Å². The summed E-state index contributed by atoms with van der Waals surface area (Å²) in [6, 6.07) is 5.16. The van der Waals surface area contributed by atoms with E-state index in [2.05, 4.69) is 15.5 Å². The van der Waals surface area contributed by atoms with Crippen molar-refractivity contribution in [3.8, 4) is 0 Å². The molecule has 0 aliphatic heterocycles. The lowest BCUT2D eigenvalue weighted by Crippen LogP contribution is -2.07. The van der Waals surface area contributed by atoms with E-state index >= 15 is 0 Å². The normalized spacial score (nSPS) is 12.1. The zero-order valence-corrected chi connectivity index (χ0v) is 10.8. The van der Waals surface area contributed by atoms with Gasteiger partial charge in [-0.1, -0.05) is 23.5 Å². The van der Waals surface area contributed by atoms with E-state index in [-0.39, 0.29) is 16.7 Å². The molecule has 1 atom stereocenters. The lowest BCUT2D eigenvalue weighted by atomic mass is 10.1. The van der Waals surface area contributed by atoms with E-state index in [1.165, 1.54) is 11.3 Å². The van der Waals surface area contributed by atoms with Gasteiger partial charge in [-0.3, -0.25) is 10.1 Å². The molecule has 1 unspecified atom stereocenters. The maximum atomic E-state index is 10.9. The topological polar surface area (TPSA) is 81.0 Å². The third kappa shape index (κ3) is 2.62. The van der Waals surface area contributed by atoms with Gasteiger partial charge in [0.05, 0.1) is 11.0 Å². The van der Waals surface area contributed by atoms with E-state index in [9.17, 15) is 10.1 Å². The number of benzene rings is 1. The van der Waals surface area contributed by atoms with Gasteiger partial charge in [0.25, 0.3) is 5.69 Å². The highest BCUT2D eigenvalue weighted by molar-refractivity contribution is 7.13. The van der Waals surface area contributed by atoms with E-state index in [4.69, 9.17) is 0 Å². The van der Waals surface area contributed by atoms with Crippen LogP contribution >= 0.6 is 11.3 Å². The summed E-state index contributed by atoms with van der Waals surface area (Å²) < 4.78 is 0. The zero-order chi connectivity index (χ0) is 13.1. The molecule has 2 rings (SSSR count). The molecule has 1 N–H and O–H groups in total. The Kier molecular flexibility index (Phi) is 3.52. The summed E-state index contributed by atoms with van der Waals surface area (Å²) >= 11 is 1.39. The molecule has 7 heteroatoms. The van der Waals surface area contributed by atoms with Gasteiger partial charge in [0.15, 0.2) is 0 Å². The standard InChI is InChI=1S/C11H12N4O2S/c1-7-3-4-9(5-10(7)15(16)17)8(2)13-11-14-12-6-18-11/h3-6,8H,1-2H3,(H,13,14). The second-order valence-electron chi connectivity index (χ2n) is 3.91. The molecule has 0 amide bonds. The van der Waals surface area contributed by atoms with Gasteiger partial charge in [-0.2, -0.15) is 0 Å². The van der Waals surface area contributed by atoms with Crippen molar-refractivity contribution >= 4 is 22.2 Å². The predicted molar refractivity (Wildman–Crippen MR) is 69.8 cm³/mol. The summed E-state index contributed by atoms with van der Waals surface area (Å²) in [4.78, 5) is 10.5. The average Bonchev–Trinajstić information content (AvgIpc) is 2.81. The summed E-state index contributed by atoms with van der Waals surface area (Å²) in [6.07, 6.45) is 0. The quantitative estimate of drug-likeness (QED) is 0.678. The fourth-order valence-electron chi connectivity index (χ4n) is 1.60. The summed E-state index contributed by atoms with van der Waals surface area (Å²) in [5.74, 6) is 0. The first-order chi connectivity index (χ1) is 8.58. The van der Waals surface area contributed by atoms with Gasteiger partial charge in [0.1, 0.15) is 5.51 Å². The van der Waals surface area contributed by atoms with Gasteiger partial charge in [-0.05, 0) is 19.4 Å². The first-order valence-corrected chi connectivity index (χ1v) is 6.23. The Morgan fingerprint density at radius 2 is 2.28 bits per heavy atom. The van der Waals surface area contributed by atoms with Crippen LogP contribution in [0, 0.1) is 17.0 Å². The molecule has 18 heavy (non-hydrogen) atoms. The molecule has 0 saturated carbocycles. The van der Waals surface area contributed by atoms with E-state index in [0.717, 1.165) is 5.56 Å². The Morgan fingerprint density at radius 3 is 2.89 bits per heavy atom. The molecule has 1 heterocycles. The van der Waals surface area contributed by atoms with Gasteiger partial charge in [0, 0.05) is 11.6 Å². The van der Waals surface area contributed by atoms with Crippen LogP contribution in [0.2, 0.25) is 0 Å². The highest BCUT2D eigenvalue weighted by atomic mass is 32.1. The third-order valence-corrected chi connectivity index (χ3v) is 3.25. The second kappa shape index (κ2) is 5.09. The maximum absolute atomic E-state index is 10.9. The van der Waals surface area contributed by atoms with Crippen molar-refractivity contribution < 1.29 is 4.92 Å². The van der Waals surface area contributed by atoms with Crippen molar-refractivity contribution in [2.24, 2.45) is 0 Å². The van der Waals surface area contributed by atoms with E-state index in [1.54, 1.807) is 24.6 Å². The Bertz CT molecular complexity index is 556. The molecular weight excluding hydrogens is 252 g/mol. The number of nitro groups is 1. The van der Waals surface area contributed by atoms with Crippen molar-refractivity contribution in [2.75, 3.05) is 5.32 Å². The SMILES string of the molecule is Cc1ccc(C(C)Nc2nncs2)cc1[N+](=O)[O-]. The van der Waals surface area contributed by atoms with Crippen LogP contribution in [0.5, 0.6) is 0 Å². The summed E-state index contributed by atoms with van der Waals surface area (Å²) in [5, 5.41) is 22.3. The van der Waals surface area contributed by atoms with Gasteiger partial charge in [0.2, 0.25) is 5.13 Å². The molecule has 0 fully saturated rings. The number of hydrogen-bond acceptors (Lipinski definition) is 6. The van der Waals surface area contributed by atoms with Gasteiger partial charge in [-0.25, -0.2) is 0 Å². The van der Waals surface area contributed by atoms with Crippen LogP contribution in [0.1, 0.15) is 24.1 Å². The molecule has 0 saturated heterocycles. The van der Waals surface area contributed by atoms with Crippen LogP contribution in [0.25, 0.3) is 0 Å². The Hall–Kier alpha value is -2.02. The summed E-state index contributed by atoms with van der Waals surface area (Å²) in [7, 11) is 0. The van der Waals surface area contributed by atoms with E-state index in [1.807, 2.05) is 13.0 Å². The molecule has 94 valence electrons. The molecule has 0 aliphatic carbocycles. The number of hydrogen-bond donors (Lipinski definition) is 1. The fourth-order valence-corrected chi connectivity index (χ4v) is 2.13. The largest absolute Gasteiger partial charge is 0.354 e. The van der Waals surface area contributed by atoms with Crippen LogP contribution in [0.4, 0.5) is 10.8 Å². The van der Waals surface area contributed by atoms with Crippen molar-refractivity contribution in [1.29, 1.82) is 0 Å². The average molecular weight is 264 g/mol. The molecule has 2 aromatic rings. The zero-order valence-electron chi connectivity index (χ0n) is 9.95. The van der Waals surface area contributed by atoms with E-state index in [0.29, 0.717) is 10.7 Å². The monoisotopic (exact) mass is 264 g/mol. The van der Waals surface area contributed by atoms with Gasteiger partial charge in [-0.15, -0.1) is 10.2 Å². The number of anilines is 1. The van der Waals surface area contributed by atoms with Crippen molar-refractivity contribution in [3.05, 3.63) is 45.0 Å². The van der Waals surface area contributed by atoms with Crippen LogP contribution in [-0.2, 0) is 0 Å².